The number of hydrogen-bond acceptors (Lipinski definition) is 3. The quantitative estimate of drug-likeness (QED) is 0.505. The molecule has 0 bridgehead atoms. The molecule has 2 atom stereocenters. The summed E-state index contributed by atoms with van der Waals surface area (Å²) in [5.74, 6) is 4.03. The van der Waals surface area contributed by atoms with Crippen molar-refractivity contribution in [2.24, 2.45) is 0 Å². The Balaban J connectivity index is 2.30. The summed E-state index contributed by atoms with van der Waals surface area (Å²) in [6, 6.07) is 5.95. The lowest BCUT2D eigenvalue weighted by Gasteiger charge is -2.04. The zero-order valence-electron chi connectivity index (χ0n) is 13.2. The summed E-state index contributed by atoms with van der Waals surface area (Å²) in [4.78, 5) is 10.3. The molecule has 0 aliphatic heterocycles. The van der Waals surface area contributed by atoms with Gasteiger partial charge in [0, 0.05) is 12.8 Å². The predicted octanol–water partition coefficient (Wildman–Crippen LogP) is 2.46. The standard InChI is InChI=1S/C19H21FO4/c20-16-12-10-15(11-13-16)14-18(22)7-4-2-1-3-6-17(21)8-5-9-19(23)24/h1-2,4,7,10-13,17-18,21-22H,5,8-9,14H2,(H,23,24)/b2-1+,7-4+/t17-,18-/m0/s1. The van der Waals surface area contributed by atoms with Crippen LogP contribution in [0.25, 0.3) is 0 Å². The van der Waals surface area contributed by atoms with Gasteiger partial charge in [0.25, 0.3) is 0 Å². The molecular formula is C19H21FO4. The van der Waals surface area contributed by atoms with E-state index in [-0.39, 0.29) is 12.2 Å². The Bertz CT molecular complexity index is 623. The summed E-state index contributed by atoms with van der Waals surface area (Å²) in [7, 11) is 0. The summed E-state index contributed by atoms with van der Waals surface area (Å²) in [5.41, 5.74) is 0.835. The maximum Gasteiger partial charge on any atom is 0.303 e. The zero-order valence-corrected chi connectivity index (χ0v) is 13.2. The minimum absolute atomic E-state index is 0.0171. The molecule has 0 saturated carbocycles. The molecule has 4 nitrogen and oxygen atoms in total. The van der Waals surface area contributed by atoms with Crippen LogP contribution in [-0.2, 0) is 11.2 Å². The van der Waals surface area contributed by atoms with Crippen LogP contribution >= 0.6 is 0 Å². The van der Waals surface area contributed by atoms with Gasteiger partial charge < -0.3 is 15.3 Å². The third-order valence-electron chi connectivity index (χ3n) is 3.10. The lowest BCUT2D eigenvalue weighted by atomic mass is 10.1. The van der Waals surface area contributed by atoms with Gasteiger partial charge >= 0.3 is 5.97 Å². The average Bonchev–Trinajstić information content (AvgIpc) is 2.52. The minimum atomic E-state index is -0.889. The van der Waals surface area contributed by atoms with Crippen LogP contribution in [0.3, 0.4) is 0 Å². The number of aliphatic hydroxyl groups excluding tert-OH is 2. The van der Waals surface area contributed by atoms with Crippen LogP contribution in [0, 0.1) is 17.7 Å². The molecule has 1 rings (SSSR count). The Kier molecular flexibility index (Phi) is 9.13. The Labute approximate surface area is 141 Å². The van der Waals surface area contributed by atoms with E-state index in [0.29, 0.717) is 19.3 Å². The number of carboxylic acid groups (broad SMARTS) is 1. The van der Waals surface area contributed by atoms with E-state index in [2.05, 4.69) is 11.8 Å². The highest BCUT2D eigenvalue weighted by atomic mass is 19.1. The van der Waals surface area contributed by atoms with E-state index in [4.69, 9.17) is 5.11 Å². The van der Waals surface area contributed by atoms with Crippen molar-refractivity contribution < 1.29 is 24.5 Å². The number of allylic oxidation sites excluding steroid dienone is 3. The Morgan fingerprint density at radius 1 is 1.21 bits per heavy atom. The number of halogens is 1. The average molecular weight is 332 g/mol. The van der Waals surface area contributed by atoms with E-state index in [0.717, 1.165) is 5.56 Å². The van der Waals surface area contributed by atoms with Gasteiger partial charge in [-0.15, -0.1) is 0 Å². The lowest BCUT2D eigenvalue weighted by Crippen LogP contribution is -2.06. The molecule has 128 valence electrons. The van der Waals surface area contributed by atoms with Crippen LogP contribution in [0.2, 0.25) is 0 Å². The van der Waals surface area contributed by atoms with Gasteiger partial charge in [-0.25, -0.2) is 4.39 Å². The SMILES string of the molecule is O=C(O)CCC[C@@H](O)C#C/C=C/C=C/[C@H](O)Cc1ccc(F)cc1. The van der Waals surface area contributed by atoms with Crippen LogP contribution in [0.5, 0.6) is 0 Å². The molecule has 0 spiro atoms. The minimum Gasteiger partial charge on any atom is -0.481 e. The molecule has 0 heterocycles. The fourth-order valence-electron chi connectivity index (χ4n) is 1.89. The molecule has 0 aliphatic rings. The molecule has 0 amide bonds. The van der Waals surface area contributed by atoms with Gasteiger partial charge in [0.05, 0.1) is 6.10 Å². The van der Waals surface area contributed by atoms with Crippen molar-refractivity contribution in [2.45, 2.75) is 37.9 Å². The number of aliphatic carboxylic acids is 1. The van der Waals surface area contributed by atoms with E-state index < -0.39 is 18.2 Å². The van der Waals surface area contributed by atoms with Crippen molar-refractivity contribution in [2.75, 3.05) is 0 Å². The lowest BCUT2D eigenvalue weighted by molar-refractivity contribution is -0.137. The smallest absolute Gasteiger partial charge is 0.303 e. The number of aliphatic hydroxyl groups is 2. The van der Waals surface area contributed by atoms with Gasteiger partial charge in [-0.1, -0.05) is 42.2 Å². The third-order valence-corrected chi connectivity index (χ3v) is 3.10. The van der Waals surface area contributed by atoms with E-state index >= 15 is 0 Å². The van der Waals surface area contributed by atoms with Gasteiger partial charge in [-0.3, -0.25) is 4.79 Å². The van der Waals surface area contributed by atoms with Gasteiger partial charge in [0.2, 0.25) is 0 Å². The summed E-state index contributed by atoms with van der Waals surface area (Å²) in [6.07, 6.45) is 5.96. The maximum atomic E-state index is 12.8. The monoisotopic (exact) mass is 332 g/mol. The predicted molar refractivity (Wildman–Crippen MR) is 89.7 cm³/mol. The van der Waals surface area contributed by atoms with Crippen molar-refractivity contribution >= 4 is 5.97 Å². The second-order valence-electron chi connectivity index (χ2n) is 5.23. The molecule has 0 fully saturated rings. The first kappa shape index (κ1) is 19.6. The molecule has 0 aliphatic carbocycles. The first-order valence-electron chi connectivity index (χ1n) is 7.64. The Morgan fingerprint density at radius 3 is 2.58 bits per heavy atom. The van der Waals surface area contributed by atoms with Crippen LogP contribution in [0.15, 0.2) is 48.6 Å². The first-order chi connectivity index (χ1) is 11.5. The van der Waals surface area contributed by atoms with Crippen molar-refractivity contribution in [3.8, 4) is 11.8 Å². The molecule has 3 N–H and O–H groups in total. The molecule has 0 radical (unpaired) electrons. The van der Waals surface area contributed by atoms with Crippen LogP contribution in [0.1, 0.15) is 24.8 Å². The van der Waals surface area contributed by atoms with Crippen molar-refractivity contribution in [1.82, 2.24) is 0 Å². The highest BCUT2D eigenvalue weighted by Gasteiger charge is 2.02. The summed E-state index contributed by atoms with van der Waals surface area (Å²) >= 11 is 0. The number of hydrogen-bond donors (Lipinski definition) is 3. The number of benzene rings is 1. The van der Waals surface area contributed by atoms with Crippen molar-refractivity contribution in [1.29, 1.82) is 0 Å². The summed E-state index contributed by atoms with van der Waals surface area (Å²) in [5, 5.41) is 27.8. The fourth-order valence-corrected chi connectivity index (χ4v) is 1.89. The highest BCUT2D eigenvalue weighted by Crippen LogP contribution is 2.06. The van der Waals surface area contributed by atoms with Crippen LogP contribution < -0.4 is 0 Å². The number of rotatable bonds is 8. The second kappa shape index (κ2) is 11.2. The van der Waals surface area contributed by atoms with Crippen LogP contribution in [0.4, 0.5) is 4.39 Å². The van der Waals surface area contributed by atoms with E-state index in [1.165, 1.54) is 18.2 Å². The molecule has 5 heteroatoms. The topological polar surface area (TPSA) is 77.8 Å². The van der Waals surface area contributed by atoms with Gasteiger partial charge in [-0.2, -0.15) is 0 Å². The molecule has 24 heavy (non-hydrogen) atoms. The van der Waals surface area contributed by atoms with Crippen molar-refractivity contribution in [3.63, 3.8) is 0 Å². The largest absolute Gasteiger partial charge is 0.481 e. The molecule has 1 aromatic rings. The van der Waals surface area contributed by atoms with E-state index in [1.807, 2.05) is 0 Å². The van der Waals surface area contributed by atoms with Crippen LogP contribution in [-0.4, -0.2) is 33.5 Å². The maximum absolute atomic E-state index is 12.8. The summed E-state index contributed by atoms with van der Waals surface area (Å²) in [6.45, 7) is 0. The highest BCUT2D eigenvalue weighted by molar-refractivity contribution is 5.66. The zero-order chi connectivity index (χ0) is 17.8. The number of carboxylic acids is 1. The van der Waals surface area contributed by atoms with E-state index in [9.17, 15) is 19.4 Å². The fraction of sp³-hybridized carbons (Fsp3) is 0.316. The van der Waals surface area contributed by atoms with E-state index in [1.54, 1.807) is 30.4 Å². The molecule has 0 saturated heterocycles. The Morgan fingerprint density at radius 2 is 1.92 bits per heavy atom. The van der Waals surface area contributed by atoms with Gasteiger partial charge in [0.15, 0.2) is 0 Å². The second-order valence-corrected chi connectivity index (χ2v) is 5.23. The Hall–Kier alpha value is -2.42. The van der Waals surface area contributed by atoms with Crippen molar-refractivity contribution in [3.05, 3.63) is 60.0 Å². The normalized spacial score (nSPS) is 13.6. The molecular weight excluding hydrogens is 311 g/mol. The summed E-state index contributed by atoms with van der Waals surface area (Å²) < 4.78 is 12.8. The van der Waals surface area contributed by atoms with Gasteiger partial charge in [-0.05, 0) is 36.6 Å². The molecule has 0 unspecified atom stereocenters. The first-order valence-corrected chi connectivity index (χ1v) is 7.64. The molecule has 0 aromatic heterocycles. The number of carbonyl (C=O) groups is 1. The van der Waals surface area contributed by atoms with Gasteiger partial charge in [0.1, 0.15) is 11.9 Å². The molecule has 1 aromatic carbocycles. The third kappa shape index (κ3) is 9.57.